The summed E-state index contributed by atoms with van der Waals surface area (Å²) in [6.07, 6.45) is 5.36. The van der Waals surface area contributed by atoms with Crippen LogP contribution in [-0.4, -0.2) is 38.7 Å². The molecular formula is C21H22N4O2. The standard InChI is InChI=1S/C21H22N4O2/c26-20(9-16-10-22-19-6-2-1-5-17(16)19)24-11-14(12-24)13-25-21(27)8-15-4-3-7-18(15)23-25/h1-2,5-6,8,10,14,22H,3-4,7,9,11-13H2. The van der Waals surface area contributed by atoms with Crippen molar-refractivity contribution in [3.8, 4) is 0 Å². The average molecular weight is 362 g/mol. The number of carbonyl (C=O) groups excluding carboxylic acids is 1. The van der Waals surface area contributed by atoms with Crippen LogP contribution in [0.25, 0.3) is 10.9 Å². The van der Waals surface area contributed by atoms with E-state index in [1.54, 1.807) is 10.7 Å². The van der Waals surface area contributed by atoms with Gasteiger partial charge in [0.05, 0.1) is 18.7 Å². The molecule has 1 amide bonds. The number of fused-ring (bicyclic) bond motifs is 2. The van der Waals surface area contributed by atoms with Crippen LogP contribution in [0, 0.1) is 5.92 Å². The van der Waals surface area contributed by atoms with Crippen molar-refractivity contribution in [3.63, 3.8) is 0 Å². The molecule has 0 saturated carbocycles. The summed E-state index contributed by atoms with van der Waals surface area (Å²) >= 11 is 0. The number of aromatic nitrogens is 3. The Morgan fingerprint density at radius 1 is 1.22 bits per heavy atom. The fraction of sp³-hybridized carbons (Fsp3) is 0.381. The minimum atomic E-state index is -0.0146. The van der Waals surface area contributed by atoms with Crippen LogP contribution in [0.5, 0.6) is 0 Å². The van der Waals surface area contributed by atoms with Gasteiger partial charge in [-0.3, -0.25) is 9.59 Å². The van der Waals surface area contributed by atoms with Gasteiger partial charge in [-0.25, -0.2) is 4.68 Å². The predicted molar refractivity (Wildman–Crippen MR) is 103 cm³/mol. The number of nitrogens with zero attached hydrogens (tertiary/aromatic N) is 3. The fourth-order valence-corrected chi connectivity index (χ4v) is 4.26. The van der Waals surface area contributed by atoms with E-state index in [0.717, 1.165) is 47.0 Å². The molecule has 5 rings (SSSR count). The van der Waals surface area contributed by atoms with Crippen LogP contribution in [-0.2, 0) is 30.6 Å². The SMILES string of the molecule is O=C(Cc1c[nH]c2ccccc12)N1CC(Cn2nc3c(cc2=O)CCC3)C1. The summed E-state index contributed by atoms with van der Waals surface area (Å²) in [5.41, 5.74) is 4.26. The number of nitrogens with one attached hydrogen (secondary N) is 1. The van der Waals surface area contributed by atoms with Gasteiger partial charge in [0.1, 0.15) is 0 Å². The second kappa shape index (κ2) is 6.37. The number of likely N-dealkylation sites (tertiary alicyclic amines) is 1. The first-order valence-corrected chi connectivity index (χ1v) is 9.60. The van der Waals surface area contributed by atoms with Gasteiger partial charge in [0.25, 0.3) is 5.56 Å². The van der Waals surface area contributed by atoms with Gasteiger partial charge in [-0.2, -0.15) is 5.10 Å². The van der Waals surface area contributed by atoms with E-state index in [4.69, 9.17) is 0 Å². The number of para-hydroxylation sites is 1. The zero-order valence-electron chi connectivity index (χ0n) is 15.1. The summed E-state index contributed by atoms with van der Waals surface area (Å²) in [7, 11) is 0. The summed E-state index contributed by atoms with van der Waals surface area (Å²) in [4.78, 5) is 29.9. The van der Waals surface area contributed by atoms with Crippen LogP contribution in [0.1, 0.15) is 23.2 Å². The summed E-state index contributed by atoms with van der Waals surface area (Å²) in [5, 5.41) is 5.64. The molecule has 2 aliphatic rings. The molecule has 1 aliphatic heterocycles. The Kier molecular flexibility index (Phi) is 3.85. The molecule has 138 valence electrons. The molecule has 0 atom stereocenters. The molecule has 1 saturated heterocycles. The van der Waals surface area contributed by atoms with Crippen molar-refractivity contribution >= 4 is 16.8 Å². The molecule has 1 aliphatic carbocycles. The van der Waals surface area contributed by atoms with Crippen molar-refractivity contribution in [3.05, 3.63) is 63.7 Å². The second-order valence-electron chi connectivity index (χ2n) is 7.69. The van der Waals surface area contributed by atoms with Crippen LogP contribution >= 0.6 is 0 Å². The van der Waals surface area contributed by atoms with E-state index in [9.17, 15) is 9.59 Å². The highest BCUT2D eigenvalue weighted by Crippen LogP contribution is 2.23. The summed E-state index contributed by atoms with van der Waals surface area (Å²) in [6, 6.07) is 9.78. The number of hydrogen-bond donors (Lipinski definition) is 1. The van der Waals surface area contributed by atoms with Crippen LogP contribution < -0.4 is 5.56 Å². The summed E-state index contributed by atoms with van der Waals surface area (Å²) in [5.74, 6) is 0.451. The van der Waals surface area contributed by atoms with Crippen LogP contribution in [0.2, 0.25) is 0 Å². The molecule has 0 radical (unpaired) electrons. The topological polar surface area (TPSA) is 71.0 Å². The minimum absolute atomic E-state index is 0.0146. The number of benzene rings is 1. The van der Waals surface area contributed by atoms with Gasteiger partial charge in [-0.15, -0.1) is 0 Å². The summed E-state index contributed by atoms with van der Waals surface area (Å²) in [6.45, 7) is 2.00. The number of carbonyl (C=O) groups is 1. The quantitative estimate of drug-likeness (QED) is 0.771. The first-order valence-electron chi connectivity index (χ1n) is 9.60. The molecule has 0 spiro atoms. The van der Waals surface area contributed by atoms with Crippen LogP contribution in [0.4, 0.5) is 0 Å². The van der Waals surface area contributed by atoms with E-state index in [0.29, 0.717) is 32.0 Å². The second-order valence-corrected chi connectivity index (χ2v) is 7.69. The molecule has 2 aromatic heterocycles. The molecule has 27 heavy (non-hydrogen) atoms. The number of rotatable bonds is 4. The average Bonchev–Trinajstić information content (AvgIpc) is 3.24. The van der Waals surface area contributed by atoms with Gasteiger partial charge < -0.3 is 9.88 Å². The predicted octanol–water partition coefficient (Wildman–Crippen LogP) is 1.91. The molecule has 3 heterocycles. The zero-order chi connectivity index (χ0) is 18.4. The van der Waals surface area contributed by atoms with Crippen molar-refractivity contribution in [2.45, 2.75) is 32.2 Å². The number of hydrogen-bond acceptors (Lipinski definition) is 3. The normalized spacial score (nSPS) is 16.5. The lowest BCUT2D eigenvalue weighted by atomic mass is 9.98. The highest BCUT2D eigenvalue weighted by atomic mass is 16.2. The Balaban J connectivity index is 1.21. The van der Waals surface area contributed by atoms with E-state index in [-0.39, 0.29) is 11.5 Å². The van der Waals surface area contributed by atoms with Crippen LogP contribution in [0.3, 0.4) is 0 Å². The maximum absolute atomic E-state index is 12.6. The maximum atomic E-state index is 12.6. The lowest BCUT2D eigenvalue weighted by Crippen LogP contribution is -2.52. The van der Waals surface area contributed by atoms with Crippen molar-refractivity contribution in [2.75, 3.05) is 13.1 Å². The number of aromatic amines is 1. The van der Waals surface area contributed by atoms with Gasteiger partial charge >= 0.3 is 0 Å². The molecule has 1 fully saturated rings. The lowest BCUT2D eigenvalue weighted by Gasteiger charge is -2.39. The van der Waals surface area contributed by atoms with Gasteiger partial charge in [0, 0.05) is 42.2 Å². The highest BCUT2D eigenvalue weighted by molar-refractivity contribution is 5.89. The Morgan fingerprint density at radius 2 is 2.07 bits per heavy atom. The Morgan fingerprint density at radius 3 is 2.96 bits per heavy atom. The molecule has 0 unspecified atom stereocenters. The van der Waals surface area contributed by atoms with Gasteiger partial charge in [-0.1, -0.05) is 18.2 Å². The number of aryl methyl sites for hydroxylation is 2. The Labute approximate surface area is 156 Å². The van der Waals surface area contributed by atoms with E-state index in [1.165, 1.54) is 0 Å². The highest BCUT2D eigenvalue weighted by Gasteiger charge is 2.31. The Bertz CT molecular complexity index is 1080. The van der Waals surface area contributed by atoms with E-state index in [1.807, 2.05) is 35.4 Å². The molecule has 1 N–H and O–H groups in total. The van der Waals surface area contributed by atoms with E-state index >= 15 is 0 Å². The van der Waals surface area contributed by atoms with Crippen molar-refractivity contribution in [1.82, 2.24) is 19.7 Å². The van der Waals surface area contributed by atoms with E-state index < -0.39 is 0 Å². The monoisotopic (exact) mass is 362 g/mol. The first kappa shape index (κ1) is 16.3. The number of amides is 1. The van der Waals surface area contributed by atoms with Crippen molar-refractivity contribution in [2.24, 2.45) is 5.92 Å². The largest absolute Gasteiger partial charge is 0.361 e. The third-order valence-electron chi connectivity index (χ3n) is 5.78. The zero-order valence-corrected chi connectivity index (χ0v) is 15.1. The third kappa shape index (κ3) is 2.95. The van der Waals surface area contributed by atoms with Gasteiger partial charge in [0.15, 0.2) is 0 Å². The molecular weight excluding hydrogens is 340 g/mol. The molecule has 3 aromatic rings. The Hall–Kier alpha value is -2.89. The van der Waals surface area contributed by atoms with Gasteiger partial charge in [0.2, 0.25) is 5.91 Å². The molecule has 6 heteroatoms. The van der Waals surface area contributed by atoms with Crippen LogP contribution in [0.15, 0.2) is 41.3 Å². The smallest absolute Gasteiger partial charge is 0.267 e. The summed E-state index contributed by atoms with van der Waals surface area (Å²) < 4.78 is 1.59. The van der Waals surface area contributed by atoms with Gasteiger partial charge in [-0.05, 0) is 36.5 Å². The third-order valence-corrected chi connectivity index (χ3v) is 5.78. The molecule has 1 aromatic carbocycles. The maximum Gasteiger partial charge on any atom is 0.267 e. The molecule has 0 bridgehead atoms. The van der Waals surface area contributed by atoms with E-state index in [2.05, 4.69) is 10.1 Å². The van der Waals surface area contributed by atoms with Crippen molar-refractivity contribution < 1.29 is 4.79 Å². The first-order chi connectivity index (χ1) is 13.2. The van der Waals surface area contributed by atoms with Crippen molar-refractivity contribution in [1.29, 1.82) is 0 Å². The molecule has 6 nitrogen and oxygen atoms in total. The number of H-pyrrole nitrogens is 1. The lowest BCUT2D eigenvalue weighted by molar-refractivity contribution is -0.137. The minimum Gasteiger partial charge on any atom is -0.361 e. The fourth-order valence-electron chi connectivity index (χ4n) is 4.26.